The van der Waals surface area contributed by atoms with Gasteiger partial charge in [0.05, 0.1) is 91.6 Å². The van der Waals surface area contributed by atoms with Crippen molar-refractivity contribution < 1.29 is 0 Å². The van der Waals surface area contributed by atoms with E-state index < -0.39 is 0 Å². The van der Waals surface area contributed by atoms with E-state index in [9.17, 15) is 26.3 Å². The molecule has 12 aromatic rings. The Hall–Kier alpha value is -11.0. The molecule has 0 aliphatic carbocycles. The van der Waals surface area contributed by atoms with E-state index in [0.717, 1.165) is 111 Å². The molecule has 0 bridgehead atoms. The summed E-state index contributed by atoms with van der Waals surface area (Å²) in [6.45, 7) is 26.8. The fourth-order valence-corrected chi connectivity index (χ4v) is 11.8. The largest absolute Gasteiger partial charge is 0.309 e. The minimum Gasteiger partial charge on any atom is -0.309 e. The molecule has 0 radical (unpaired) electrons. The molecule has 0 saturated carbocycles. The second kappa shape index (κ2) is 21.2. The van der Waals surface area contributed by atoms with Gasteiger partial charge in [0.15, 0.2) is 17.5 Å². The highest BCUT2D eigenvalue weighted by Crippen LogP contribution is 2.45. The van der Waals surface area contributed by atoms with E-state index >= 15 is 0 Å². The van der Waals surface area contributed by atoms with Gasteiger partial charge >= 0.3 is 0 Å². The summed E-state index contributed by atoms with van der Waals surface area (Å²) in [5, 5.41) is 54.6. The van der Waals surface area contributed by atoms with Crippen LogP contribution in [0.15, 0.2) is 170 Å². The van der Waals surface area contributed by atoms with Crippen LogP contribution in [0.4, 0.5) is 0 Å². The first-order chi connectivity index (χ1) is 41.8. The number of benzene rings is 9. The molecular weight excluding hydrogens is 1080 g/mol. The lowest BCUT2D eigenvalue weighted by molar-refractivity contribution is 0.568. The third-order valence-corrected chi connectivity index (χ3v) is 16.9. The Morgan fingerprint density at radius 1 is 0.284 bits per heavy atom. The van der Waals surface area contributed by atoms with Gasteiger partial charge in [-0.1, -0.05) is 113 Å². The molecule has 0 fully saturated rings. The summed E-state index contributed by atoms with van der Waals surface area (Å²) >= 11 is 0. The molecule has 0 saturated heterocycles. The predicted octanol–water partition coefficient (Wildman–Crippen LogP) is 18.9. The normalized spacial score (nSPS) is 12.0. The van der Waals surface area contributed by atoms with Gasteiger partial charge < -0.3 is 9.13 Å². The van der Waals surface area contributed by atoms with Crippen LogP contribution in [0.2, 0.25) is 0 Å². The standard InChI is InChI=1S/C78H64N10/c1-75(2,3)56-33-54(34-57(39-56)76(4,5)6)73-84-72(85-74(86-73)55-35-58(77(7,8)9)40-59(36-55)78(10,11)12)53-21-27-71(88-68-24-18-49(44-82)31-62(68)63-32-50(45-83)19-25-69(63)88)65(38-53)64-37-52(51-15-13-14-46(28-51)41-79)20-26-70(64)87-66-22-16-47(42-80)29-60(66)61-30-48(43-81)17-23-67(61)87/h13-40H,1-12H3. The third-order valence-electron chi connectivity index (χ3n) is 16.9. The van der Waals surface area contributed by atoms with Crippen LogP contribution < -0.4 is 0 Å². The summed E-state index contributed by atoms with van der Waals surface area (Å²) in [4.78, 5) is 16.6. The average molecular weight is 1140 g/mol. The fourth-order valence-electron chi connectivity index (χ4n) is 11.8. The van der Waals surface area contributed by atoms with Crippen molar-refractivity contribution in [3.05, 3.63) is 220 Å². The van der Waals surface area contributed by atoms with Crippen molar-refractivity contribution in [2.24, 2.45) is 0 Å². The fraction of sp³-hybridized carbons (Fsp3) is 0.205. The quantitative estimate of drug-likeness (QED) is 0.152. The monoisotopic (exact) mass is 1140 g/mol. The van der Waals surface area contributed by atoms with Crippen LogP contribution in [0.1, 0.15) is 133 Å². The van der Waals surface area contributed by atoms with Crippen molar-refractivity contribution in [3.63, 3.8) is 0 Å². The molecule has 9 aromatic carbocycles. The van der Waals surface area contributed by atoms with Crippen molar-refractivity contribution in [2.45, 2.75) is 105 Å². The number of hydrogen-bond donors (Lipinski definition) is 0. The summed E-state index contributed by atoms with van der Waals surface area (Å²) in [6.07, 6.45) is 0. The first kappa shape index (κ1) is 57.5. The molecule has 0 amide bonds. The van der Waals surface area contributed by atoms with E-state index in [1.807, 2.05) is 91.0 Å². The summed E-state index contributed by atoms with van der Waals surface area (Å²) in [6, 6.07) is 68.1. The number of rotatable bonds is 7. The summed E-state index contributed by atoms with van der Waals surface area (Å²) in [5.41, 5.74) is 16.8. The number of hydrogen-bond acceptors (Lipinski definition) is 8. The minimum atomic E-state index is -0.199. The highest BCUT2D eigenvalue weighted by molar-refractivity contribution is 6.12. The minimum absolute atomic E-state index is 0.199. The van der Waals surface area contributed by atoms with Gasteiger partial charge in [0, 0.05) is 49.4 Å². The van der Waals surface area contributed by atoms with Crippen molar-refractivity contribution in [1.29, 1.82) is 26.3 Å². The molecule has 10 heteroatoms. The Morgan fingerprint density at radius 3 is 0.909 bits per heavy atom. The van der Waals surface area contributed by atoms with Gasteiger partial charge in [-0.3, -0.25) is 0 Å². The maximum Gasteiger partial charge on any atom is 0.164 e. The van der Waals surface area contributed by atoms with Crippen LogP contribution in [0.5, 0.6) is 0 Å². The van der Waals surface area contributed by atoms with Crippen LogP contribution in [-0.2, 0) is 21.7 Å². The average Bonchev–Trinajstić information content (AvgIpc) is 1.85. The van der Waals surface area contributed by atoms with Crippen molar-refractivity contribution in [2.75, 3.05) is 0 Å². The molecule has 0 unspecified atom stereocenters. The topological polar surface area (TPSA) is 167 Å². The SMILES string of the molecule is CC(C)(C)c1cc(-c2nc(-c3cc(C(C)(C)C)cc(C(C)(C)C)c3)nc(-c3ccc(-n4c5ccc(C#N)cc5c5cc(C#N)ccc54)c(-c4cc(-c5cccc(C#N)c5)ccc4-n4c5ccc(C#N)cc5c5cc(C#N)ccc54)c3)n2)cc(C(C)(C)C)c1. The highest BCUT2D eigenvalue weighted by atomic mass is 15.0. The zero-order valence-corrected chi connectivity index (χ0v) is 51.6. The zero-order chi connectivity index (χ0) is 62.4. The maximum atomic E-state index is 10.3. The summed E-state index contributed by atoms with van der Waals surface area (Å²) < 4.78 is 4.40. The number of nitrogens with zero attached hydrogens (tertiary/aromatic N) is 10. The first-order valence-corrected chi connectivity index (χ1v) is 29.5. The Kier molecular flexibility index (Phi) is 13.9. The maximum absolute atomic E-state index is 10.3. The molecule has 426 valence electrons. The predicted molar refractivity (Wildman–Crippen MR) is 354 cm³/mol. The van der Waals surface area contributed by atoms with Crippen LogP contribution in [-0.4, -0.2) is 24.1 Å². The Morgan fingerprint density at radius 2 is 0.580 bits per heavy atom. The molecule has 3 aromatic heterocycles. The second-order valence-electron chi connectivity index (χ2n) is 27.1. The highest BCUT2D eigenvalue weighted by Gasteiger charge is 2.28. The smallest absolute Gasteiger partial charge is 0.164 e. The lowest BCUT2D eigenvalue weighted by Crippen LogP contribution is -2.17. The van der Waals surface area contributed by atoms with Crippen LogP contribution >= 0.6 is 0 Å². The molecule has 12 rings (SSSR count). The van der Waals surface area contributed by atoms with Crippen LogP contribution in [0, 0.1) is 56.7 Å². The Bertz CT molecular complexity index is 4840. The molecular formula is C78H64N10. The van der Waals surface area contributed by atoms with Crippen molar-refractivity contribution >= 4 is 43.6 Å². The number of fused-ring (bicyclic) bond motifs is 6. The van der Waals surface area contributed by atoms with Gasteiger partial charge in [-0.05, 0) is 195 Å². The number of nitriles is 5. The van der Waals surface area contributed by atoms with Gasteiger partial charge in [0.25, 0.3) is 0 Å². The molecule has 3 heterocycles. The van der Waals surface area contributed by atoms with Crippen LogP contribution in [0.3, 0.4) is 0 Å². The van der Waals surface area contributed by atoms with Gasteiger partial charge in [0.2, 0.25) is 0 Å². The van der Waals surface area contributed by atoms with Gasteiger partial charge in [-0.2, -0.15) is 26.3 Å². The second-order valence-corrected chi connectivity index (χ2v) is 27.1. The van der Waals surface area contributed by atoms with Gasteiger partial charge in [-0.25, -0.2) is 15.0 Å². The lowest BCUT2D eigenvalue weighted by Gasteiger charge is -2.26. The molecule has 0 N–H and O–H groups in total. The van der Waals surface area contributed by atoms with E-state index in [1.165, 1.54) is 0 Å². The summed E-state index contributed by atoms with van der Waals surface area (Å²) in [5.74, 6) is 1.51. The molecule has 0 aliphatic heterocycles. The van der Waals surface area contributed by atoms with Gasteiger partial charge in [0.1, 0.15) is 0 Å². The molecule has 10 nitrogen and oxygen atoms in total. The Balaban J connectivity index is 1.24. The van der Waals surface area contributed by atoms with E-state index in [0.29, 0.717) is 50.9 Å². The van der Waals surface area contributed by atoms with Crippen LogP contribution in [0.25, 0.3) is 111 Å². The molecule has 0 aliphatic rings. The molecule has 0 atom stereocenters. The number of aromatic nitrogens is 5. The summed E-state index contributed by atoms with van der Waals surface area (Å²) in [7, 11) is 0. The lowest BCUT2D eigenvalue weighted by atomic mass is 9.79. The zero-order valence-electron chi connectivity index (χ0n) is 51.6. The van der Waals surface area contributed by atoms with E-state index in [2.05, 4.69) is 195 Å². The Labute approximate surface area is 514 Å². The molecule has 0 spiro atoms. The molecule has 88 heavy (non-hydrogen) atoms. The van der Waals surface area contributed by atoms with E-state index in [1.54, 1.807) is 6.07 Å². The van der Waals surface area contributed by atoms with Gasteiger partial charge in [-0.15, -0.1) is 0 Å². The van der Waals surface area contributed by atoms with E-state index in [-0.39, 0.29) is 21.7 Å². The van der Waals surface area contributed by atoms with E-state index in [4.69, 9.17) is 15.0 Å². The van der Waals surface area contributed by atoms with Crippen molar-refractivity contribution in [1.82, 2.24) is 24.1 Å². The third kappa shape index (κ3) is 10.4. The first-order valence-electron chi connectivity index (χ1n) is 29.5. The van der Waals surface area contributed by atoms with Crippen molar-refractivity contribution in [3.8, 4) is 98.1 Å².